The topological polar surface area (TPSA) is 103 Å². The first-order valence-electron chi connectivity index (χ1n) is 14.4. The van der Waals surface area contributed by atoms with E-state index >= 15 is 0 Å². The number of aliphatic carboxylic acids is 1. The zero-order valence-corrected chi connectivity index (χ0v) is 25.0. The normalized spacial score (nSPS) is 11.9. The number of rotatable bonds is 11. The Balaban J connectivity index is 1.56. The van der Waals surface area contributed by atoms with E-state index in [4.69, 9.17) is 19.7 Å². The van der Waals surface area contributed by atoms with Crippen LogP contribution in [0.2, 0.25) is 0 Å². The molecule has 0 unspecified atom stereocenters. The molecular formula is C35H34FN3O5. The summed E-state index contributed by atoms with van der Waals surface area (Å²) in [4.78, 5) is 23.3. The first kappa shape index (κ1) is 30.3. The average molecular weight is 596 g/mol. The van der Waals surface area contributed by atoms with Crippen molar-refractivity contribution < 1.29 is 28.6 Å². The van der Waals surface area contributed by atoms with Crippen LogP contribution in [0.3, 0.4) is 0 Å². The lowest BCUT2D eigenvalue weighted by Crippen LogP contribution is -2.26. The van der Waals surface area contributed by atoms with Gasteiger partial charge in [-0.15, -0.1) is 0 Å². The van der Waals surface area contributed by atoms with Crippen molar-refractivity contribution in [2.24, 2.45) is 0 Å². The number of carboxylic acid groups (broad SMARTS) is 1. The molecule has 4 aromatic carbocycles. The van der Waals surface area contributed by atoms with Gasteiger partial charge in [-0.2, -0.15) is 5.10 Å². The predicted octanol–water partition coefficient (Wildman–Crippen LogP) is 7.12. The third kappa shape index (κ3) is 6.72. The van der Waals surface area contributed by atoms with E-state index in [1.165, 1.54) is 12.1 Å². The maximum Gasteiger partial charge on any atom is 0.305 e. The number of hydrogen-bond donors (Lipinski definition) is 2. The third-order valence-electron chi connectivity index (χ3n) is 7.31. The summed E-state index contributed by atoms with van der Waals surface area (Å²) >= 11 is 0. The van der Waals surface area contributed by atoms with Crippen LogP contribution in [0.4, 0.5) is 4.39 Å². The molecule has 0 aliphatic carbocycles. The van der Waals surface area contributed by atoms with Crippen molar-refractivity contribution in [2.45, 2.75) is 39.3 Å². The minimum absolute atomic E-state index is 0.0485. The van der Waals surface area contributed by atoms with Crippen molar-refractivity contribution in [1.29, 1.82) is 0 Å². The molecule has 0 saturated carbocycles. The lowest BCUT2D eigenvalue weighted by Gasteiger charge is -2.17. The van der Waals surface area contributed by atoms with E-state index in [-0.39, 0.29) is 31.0 Å². The first-order chi connectivity index (χ1) is 21.1. The summed E-state index contributed by atoms with van der Waals surface area (Å²) in [7, 11) is 1.64. The molecule has 0 fully saturated rings. The fraction of sp³-hybridized carbons (Fsp3) is 0.229. The van der Waals surface area contributed by atoms with Crippen LogP contribution in [-0.4, -0.2) is 46.5 Å². The first-order valence-corrected chi connectivity index (χ1v) is 14.4. The van der Waals surface area contributed by atoms with Crippen LogP contribution in [0.5, 0.6) is 11.5 Å². The predicted molar refractivity (Wildman–Crippen MR) is 168 cm³/mol. The summed E-state index contributed by atoms with van der Waals surface area (Å²) in [6.07, 6.45) is -0.264. The van der Waals surface area contributed by atoms with Crippen LogP contribution in [0.1, 0.15) is 49.2 Å². The van der Waals surface area contributed by atoms with Gasteiger partial charge in [0.2, 0.25) is 0 Å². The number of hydrogen-bond acceptors (Lipinski definition) is 5. The van der Waals surface area contributed by atoms with Crippen LogP contribution < -0.4 is 14.8 Å². The molecule has 0 aliphatic rings. The Morgan fingerprint density at radius 1 is 0.932 bits per heavy atom. The summed E-state index contributed by atoms with van der Waals surface area (Å²) in [6.45, 7) is 5.89. The number of carboxylic acids is 1. The van der Waals surface area contributed by atoms with Crippen molar-refractivity contribution in [3.63, 3.8) is 0 Å². The van der Waals surface area contributed by atoms with Crippen LogP contribution in [-0.2, 0) is 4.79 Å². The average Bonchev–Trinajstić information content (AvgIpc) is 3.46. The zero-order chi connectivity index (χ0) is 31.4. The molecule has 0 aliphatic heterocycles. The van der Waals surface area contributed by atoms with E-state index in [1.54, 1.807) is 25.3 Å². The molecule has 1 amide bonds. The summed E-state index contributed by atoms with van der Waals surface area (Å²) in [5, 5.41) is 18.5. The third-order valence-corrected chi connectivity index (χ3v) is 7.31. The number of carbonyl (C=O) groups is 2. The van der Waals surface area contributed by atoms with E-state index in [0.717, 1.165) is 33.3 Å². The summed E-state index contributed by atoms with van der Waals surface area (Å²) in [5.41, 5.74) is 4.17. The Labute approximate surface area is 255 Å². The number of ether oxygens (including phenoxy) is 2. The van der Waals surface area contributed by atoms with Crippen molar-refractivity contribution in [2.75, 3.05) is 13.7 Å². The molecule has 1 aromatic heterocycles. The van der Waals surface area contributed by atoms with E-state index < -0.39 is 11.8 Å². The van der Waals surface area contributed by atoms with Crippen molar-refractivity contribution in [3.8, 4) is 34.0 Å². The second kappa shape index (κ2) is 13.0. The molecule has 1 heterocycles. The molecule has 226 valence electrons. The van der Waals surface area contributed by atoms with Gasteiger partial charge in [0.1, 0.15) is 17.3 Å². The van der Waals surface area contributed by atoms with Crippen molar-refractivity contribution >= 4 is 22.6 Å². The lowest BCUT2D eigenvalue weighted by molar-refractivity contribution is -0.136. The molecule has 5 aromatic rings. The van der Waals surface area contributed by atoms with Gasteiger partial charge in [0, 0.05) is 23.2 Å². The van der Waals surface area contributed by atoms with Crippen molar-refractivity contribution in [1.82, 2.24) is 15.1 Å². The lowest BCUT2D eigenvalue weighted by atomic mass is 10.0. The number of benzene rings is 4. The molecule has 9 heteroatoms. The zero-order valence-electron chi connectivity index (χ0n) is 25.0. The quantitative estimate of drug-likeness (QED) is 0.169. The number of amides is 1. The summed E-state index contributed by atoms with van der Waals surface area (Å²) in [5.74, 6) is -0.402. The Hall–Kier alpha value is -5.18. The van der Waals surface area contributed by atoms with Gasteiger partial charge in [0.05, 0.1) is 37.1 Å². The Morgan fingerprint density at radius 2 is 1.66 bits per heavy atom. The van der Waals surface area contributed by atoms with Crippen LogP contribution in [0, 0.1) is 5.82 Å². The summed E-state index contributed by atoms with van der Waals surface area (Å²) in [6, 6.07) is 25.2. The Morgan fingerprint density at radius 3 is 2.36 bits per heavy atom. The van der Waals surface area contributed by atoms with Crippen LogP contribution >= 0.6 is 0 Å². The number of methoxy groups -OCH3 is 1. The number of fused-ring (bicyclic) bond motifs is 1. The van der Waals surface area contributed by atoms with E-state index in [1.807, 2.05) is 74.0 Å². The molecule has 8 nitrogen and oxygen atoms in total. The number of carbonyl (C=O) groups excluding carboxylic acids is 1. The monoisotopic (exact) mass is 595 g/mol. The van der Waals surface area contributed by atoms with Crippen LogP contribution in [0.25, 0.3) is 33.3 Å². The Kier molecular flexibility index (Phi) is 8.94. The fourth-order valence-electron chi connectivity index (χ4n) is 5.05. The van der Waals surface area contributed by atoms with Gasteiger partial charge in [-0.05, 0) is 91.7 Å². The molecule has 44 heavy (non-hydrogen) atoms. The van der Waals surface area contributed by atoms with Crippen molar-refractivity contribution in [3.05, 3.63) is 102 Å². The SMILES string of the molecule is COc1ccc2cc(-c3cc(-c4cc(F)ccc4OC(C)C)nn3[C@@H](C)c3ccc(C(=O)NCCC(=O)O)cc3)ccc2c1. The highest BCUT2D eigenvalue weighted by molar-refractivity contribution is 5.94. The molecule has 0 saturated heterocycles. The molecule has 1 atom stereocenters. The minimum Gasteiger partial charge on any atom is -0.497 e. The molecule has 0 spiro atoms. The Bertz CT molecular complexity index is 1810. The second-order valence-corrected chi connectivity index (χ2v) is 10.8. The number of nitrogens with zero attached hydrogens (tertiary/aromatic N) is 2. The van der Waals surface area contributed by atoms with Gasteiger partial charge in [-0.25, -0.2) is 4.39 Å². The molecule has 5 rings (SSSR count). The van der Waals surface area contributed by atoms with E-state index in [9.17, 15) is 14.0 Å². The number of nitrogens with one attached hydrogen (secondary N) is 1. The molecule has 2 N–H and O–H groups in total. The van der Waals surface area contributed by atoms with E-state index in [0.29, 0.717) is 22.6 Å². The van der Waals surface area contributed by atoms with Gasteiger partial charge >= 0.3 is 5.97 Å². The standard InChI is InChI=1S/C35H34FN3O5/c1-21(2)44-33-14-12-28(36)19-30(33)31-20-32(27-10-9-26-18-29(43-4)13-11-25(26)17-27)39(38-31)22(3)23-5-7-24(8-6-23)35(42)37-16-15-34(40)41/h5-14,17-22H,15-16H2,1-4H3,(H,37,42)(H,40,41)/t22-/m0/s1. The highest BCUT2D eigenvalue weighted by Crippen LogP contribution is 2.37. The van der Waals surface area contributed by atoms with Gasteiger partial charge in [0.15, 0.2) is 0 Å². The molecule has 0 radical (unpaired) electrons. The maximum atomic E-state index is 14.5. The highest BCUT2D eigenvalue weighted by atomic mass is 19.1. The fourth-order valence-corrected chi connectivity index (χ4v) is 5.05. The summed E-state index contributed by atoms with van der Waals surface area (Å²) < 4.78 is 27.8. The van der Waals surface area contributed by atoms with Gasteiger partial charge < -0.3 is 19.9 Å². The second-order valence-electron chi connectivity index (χ2n) is 10.8. The van der Waals surface area contributed by atoms with Gasteiger partial charge in [-0.3, -0.25) is 14.3 Å². The van der Waals surface area contributed by atoms with Gasteiger partial charge in [-0.1, -0.05) is 30.3 Å². The maximum absolute atomic E-state index is 14.5. The minimum atomic E-state index is -0.976. The molecule has 0 bridgehead atoms. The number of aromatic nitrogens is 2. The highest BCUT2D eigenvalue weighted by Gasteiger charge is 2.21. The van der Waals surface area contributed by atoms with E-state index in [2.05, 4.69) is 11.4 Å². The van der Waals surface area contributed by atoms with Gasteiger partial charge in [0.25, 0.3) is 5.91 Å². The van der Waals surface area contributed by atoms with Crippen LogP contribution in [0.15, 0.2) is 84.9 Å². The molecular weight excluding hydrogens is 561 g/mol. The number of halogens is 1. The largest absolute Gasteiger partial charge is 0.497 e. The smallest absolute Gasteiger partial charge is 0.305 e.